The minimum Gasteiger partial charge on any atom is -0.480 e. The van der Waals surface area contributed by atoms with E-state index in [2.05, 4.69) is 21.3 Å². The van der Waals surface area contributed by atoms with Crippen LogP contribution in [0.1, 0.15) is 25.7 Å². The minimum atomic E-state index is -0.952. The van der Waals surface area contributed by atoms with Gasteiger partial charge in [-0.15, -0.1) is 11.8 Å². The molecule has 0 aromatic rings. The molecule has 182 valence electrons. The molecule has 1 aliphatic rings. The summed E-state index contributed by atoms with van der Waals surface area (Å²) in [5, 5.41) is 18.8. The lowest BCUT2D eigenvalue weighted by Gasteiger charge is -2.15. The van der Waals surface area contributed by atoms with Gasteiger partial charge in [0.15, 0.2) is 0 Å². The molecule has 1 fully saturated rings. The lowest BCUT2D eigenvalue weighted by Crippen LogP contribution is -2.42. The molecule has 0 spiro atoms. The molecule has 0 aromatic heterocycles. The minimum absolute atomic E-state index is 0.0381. The second-order valence-corrected chi connectivity index (χ2v) is 8.37. The molecule has 1 heterocycles. The fraction of sp³-hybridized carbons (Fsp3) is 0.737. The average Bonchev–Trinajstić information content (AvgIpc) is 3.01. The molecular weight excluding hydrogens is 440 g/mol. The Bertz CT molecular complexity index is 650. The van der Waals surface area contributed by atoms with Gasteiger partial charge >= 0.3 is 5.97 Å². The van der Waals surface area contributed by atoms with Crippen LogP contribution in [-0.4, -0.2) is 103 Å². The van der Waals surface area contributed by atoms with Gasteiger partial charge in [0.1, 0.15) is 0 Å². The van der Waals surface area contributed by atoms with Crippen molar-refractivity contribution in [2.24, 2.45) is 5.73 Å². The smallest absolute Gasteiger partial charge is 0.317 e. The molecule has 0 bridgehead atoms. The van der Waals surface area contributed by atoms with Gasteiger partial charge in [0.25, 0.3) is 0 Å². The van der Waals surface area contributed by atoms with Gasteiger partial charge in [-0.3, -0.25) is 28.9 Å². The second-order valence-electron chi connectivity index (χ2n) is 7.18. The van der Waals surface area contributed by atoms with Crippen molar-refractivity contribution in [3.8, 4) is 0 Å². The number of amides is 4. The number of thioether (sulfide) groups is 1. The zero-order valence-corrected chi connectivity index (χ0v) is 19.0. The molecule has 13 heteroatoms. The number of hydrogen-bond donors (Lipinski definition) is 6. The van der Waals surface area contributed by atoms with E-state index in [1.807, 2.05) is 0 Å². The first-order valence-electron chi connectivity index (χ1n) is 10.7. The summed E-state index contributed by atoms with van der Waals surface area (Å²) in [5.41, 5.74) is 5.42. The van der Waals surface area contributed by atoms with E-state index in [9.17, 15) is 24.0 Å². The number of imide groups is 1. The summed E-state index contributed by atoms with van der Waals surface area (Å²) in [4.78, 5) is 59.7. The van der Waals surface area contributed by atoms with Crippen LogP contribution in [0.2, 0.25) is 0 Å². The van der Waals surface area contributed by atoms with Gasteiger partial charge in [-0.05, 0) is 19.4 Å². The highest BCUT2D eigenvalue weighted by atomic mass is 32.2. The highest BCUT2D eigenvalue weighted by molar-refractivity contribution is 8.01. The van der Waals surface area contributed by atoms with Crippen LogP contribution in [0, 0.1) is 0 Å². The highest BCUT2D eigenvalue weighted by Gasteiger charge is 2.38. The largest absolute Gasteiger partial charge is 0.480 e. The third kappa shape index (κ3) is 12.0. The van der Waals surface area contributed by atoms with Crippen molar-refractivity contribution in [2.75, 3.05) is 58.1 Å². The zero-order chi connectivity index (χ0) is 23.8. The maximum Gasteiger partial charge on any atom is 0.317 e. The SMILES string of the molecule is NCCCCCNC(=O)CSC1CC(=O)N(CCNC(=O)CNCCNCC(=O)O)C1=O. The summed E-state index contributed by atoms with van der Waals surface area (Å²) in [6.45, 7) is 2.13. The van der Waals surface area contributed by atoms with Gasteiger partial charge < -0.3 is 32.1 Å². The van der Waals surface area contributed by atoms with Gasteiger partial charge in [-0.1, -0.05) is 6.42 Å². The number of carboxylic acid groups (broad SMARTS) is 1. The van der Waals surface area contributed by atoms with E-state index in [0.717, 1.165) is 35.9 Å². The van der Waals surface area contributed by atoms with Crippen LogP contribution < -0.4 is 27.0 Å². The Balaban J connectivity index is 2.17. The fourth-order valence-corrected chi connectivity index (χ4v) is 3.85. The van der Waals surface area contributed by atoms with E-state index in [0.29, 0.717) is 26.2 Å². The maximum atomic E-state index is 12.4. The molecule has 4 amide bonds. The molecule has 1 rings (SSSR count). The lowest BCUT2D eigenvalue weighted by atomic mass is 10.2. The van der Waals surface area contributed by atoms with Crippen molar-refractivity contribution >= 4 is 41.4 Å². The molecule has 0 aromatic carbocycles. The third-order valence-corrected chi connectivity index (χ3v) is 5.72. The molecule has 1 unspecified atom stereocenters. The number of unbranched alkanes of at least 4 members (excludes halogenated alkanes) is 2. The van der Waals surface area contributed by atoms with Crippen molar-refractivity contribution in [1.82, 2.24) is 26.2 Å². The Morgan fingerprint density at radius 2 is 1.66 bits per heavy atom. The first kappa shape index (κ1) is 27.8. The molecule has 1 atom stereocenters. The van der Waals surface area contributed by atoms with Gasteiger partial charge in [0.05, 0.1) is 24.1 Å². The number of hydrogen-bond acceptors (Lipinski definition) is 9. The zero-order valence-electron chi connectivity index (χ0n) is 18.2. The number of rotatable bonds is 18. The van der Waals surface area contributed by atoms with Crippen molar-refractivity contribution in [1.29, 1.82) is 0 Å². The molecule has 1 saturated heterocycles. The Labute approximate surface area is 191 Å². The Hall–Kier alpha value is -2.22. The Morgan fingerprint density at radius 3 is 2.34 bits per heavy atom. The maximum absolute atomic E-state index is 12.4. The molecule has 32 heavy (non-hydrogen) atoms. The van der Waals surface area contributed by atoms with E-state index < -0.39 is 11.2 Å². The molecular formula is C19H34N6O6S. The number of carbonyl (C=O) groups excluding carboxylic acids is 4. The summed E-state index contributed by atoms with van der Waals surface area (Å²) in [7, 11) is 0. The molecule has 0 saturated carbocycles. The molecule has 0 aliphatic carbocycles. The third-order valence-electron chi connectivity index (χ3n) is 4.52. The predicted molar refractivity (Wildman–Crippen MR) is 120 cm³/mol. The van der Waals surface area contributed by atoms with Crippen molar-refractivity contribution < 1.29 is 29.1 Å². The van der Waals surface area contributed by atoms with E-state index >= 15 is 0 Å². The van der Waals surface area contributed by atoms with Crippen molar-refractivity contribution in [3.05, 3.63) is 0 Å². The summed E-state index contributed by atoms with van der Waals surface area (Å²) in [5.74, 6) is -1.96. The van der Waals surface area contributed by atoms with Gasteiger partial charge in [0.2, 0.25) is 23.6 Å². The average molecular weight is 475 g/mol. The van der Waals surface area contributed by atoms with Crippen LogP contribution >= 0.6 is 11.8 Å². The summed E-state index contributed by atoms with van der Waals surface area (Å²) in [6, 6.07) is 0. The lowest BCUT2D eigenvalue weighted by molar-refractivity contribution is -0.139. The first-order valence-corrected chi connectivity index (χ1v) is 11.7. The van der Waals surface area contributed by atoms with Crippen LogP contribution in [0.4, 0.5) is 0 Å². The quantitative estimate of drug-likeness (QED) is 0.0915. The second kappa shape index (κ2) is 16.4. The van der Waals surface area contributed by atoms with Crippen LogP contribution in [0.25, 0.3) is 0 Å². The number of aliphatic carboxylic acids is 1. The van der Waals surface area contributed by atoms with E-state index in [1.54, 1.807) is 0 Å². The molecule has 7 N–H and O–H groups in total. The number of carbonyl (C=O) groups is 5. The van der Waals surface area contributed by atoms with Gasteiger partial charge in [-0.25, -0.2) is 0 Å². The summed E-state index contributed by atoms with van der Waals surface area (Å²) >= 11 is 1.15. The number of nitrogens with zero attached hydrogens (tertiary/aromatic N) is 1. The fourth-order valence-electron chi connectivity index (χ4n) is 2.86. The Morgan fingerprint density at radius 1 is 0.969 bits per heavy atom. The van der Waals surface area contributed by atoms with E-state index in [4.69, 9.17) is 10.8 Å². The number of carboxylic acids is 1. The molecule has 0 radical (unpaired) electrons. The predicted octanol–water partition coefficient (Wildman–Crippen LogP) is -2.53. The summed E-state index contributed by atoms with van der Waals surface area (Å²) in [6.07, 6.45) is 2.77. The first-order chi connectivity index (χ1) is 15.3. The van der Waals surface area contributed by atoms with Crippen molar-refractivity contribution in [2.45, 2.75) is 30.9 Å². The topological polar surface area (TPSA) is 183 Å². The van der Waals surface area contributed by atoms with Crippen LogP contribution in [0.15, 0.2) is 0 Å². The van der Waals surface area contributed by atoms with Crippen LogP contribution in [0.5, 0.6) is 0 Å². The summed E-state index contributed by atoms with van der Waals surface area (Å²) < 4.78 is 0. The van der Waals surface area contributed by atoms with E-state index in [-0.39, 0.29) is 62.0 Å². The molecule has 1 aliphatic heterocycles. The van der Waals surface area contributed by atoms with Crippen LogP contribution in [0.3, 0.4) is 0 Å². The standard InChI is InChI=1S/C19H34N6O6S/c20-4-2-1-3-5-23-16(27)13-32-14-10-17(28)25(19(14)31)9-8-24-15(26)11-21-6-7-22-12-18(29)30/h14,21-22H,1-13,20H2,(H,23,27)(H,24,26)(H,29,30). The number of nitrogens with one attached hydrogen (secondary N) is 4. The number of likely N-dealkylation sites (tertiary alicyclic amines) is 1. The number of nitrogens with two attached hydrogens (primary N) is 1. The van der Waals surface area contributed by atoms with E-state index in [1.165, 1.54) is 0 Å². The highest BCUT2D eigenvalue weighted by Crippen LogP contribution is 2.24. The normalized spacial score (nSPS) is 15.8. The van der Waals surface area contributed by atoms with Gasteiger partial charge in [0, 0.05) is 39.1 Å². The Kier molecular flexibility index (Phi) is 14.3. The molecule has 12 nitrogen and oxygen atoms in total. The van der Waals surface area contributed by atoms with Gasteiger partial charge in [-0.2, -0.15) is 0 Å². The monoisotopic (exact) mass is 474 g/mol. The van der Waals surface area contributed by atoms with Crippen molar-refractivity contribution in [3.63, 3.8) is 0 Å². The van der Waals surface area contributed by atoms with Crippen LogP contribution in [-0.2, 0) is 24.0 Å².